The van der Waals surface area contributed by atoms with Crippen LogP contribution >= 0.6 is 0 Å². The monoisotopic (exact) mass is 346 g/mol. The summed E-state index contributed by atoms with van der Waals surface area (Å²) in [5.41, 5.74) is 6.01. The Labute approximate surface area is 149 Å². The summed E-state index contributed by atoms with van der Waals surface area (Å²) in [4.78, 5) is 7.24. The lowest BCUT2D eigenvalue weighted by Gasteiger charge is -2.20. The lowest BCUT2D eigenvalue weighted by Crippen LogP contribution is -2.25. The zero-order valence-electron chi connectivity index (χ0n) is 15.4. The van der Waals surface area contributed by atoms with Crippen molar-refractivity contribution in [3.8, 4) is 0 Å². The largest absolute Gasteiger partial charge is 0.373 e. The fourth-order valence-corrected chi connectivity index (χ4v) is 2.90. The smallest absolute Gasteiger partial charge is 0.146 e. The van der Waals surface area contributed by atoms with Crippen LogP contribution in [-0.4, -0.2) is 43.9 Å². The Balaban J connectivity index is 2.29. The zero-order chi connectivity index (χ0) is 18.2. The third kappa shape index (κ3) is 5.12. The van der Waals surface area contributed by atoms with Gasteiger partial charge in [0.25, 0.3) is 0 Å². The maximum absolute atomic E-state index is 9.34. The maximum atomic E-state index is 9.34. The average molecular weight is 346 g/mol. The van der Waals surface area contributed by atoms with Gasteiger partial charge < -0.3 is 14.7 Å². The van der Waals surface area contributed by atoms with Crippen LogP contribution in [-0.2, 0) is 13.0 Å². The number of nitrogens with zero attached hydrogens (tertiary/aromatic N) is 3. The number of hydrogen-bond acceptors (Lipinski definition) is 5. The summed E-state index contributed by atoms with van der Waals surface area (Å²) in [7, 11) is 0. The molecule has 3 N–H and O–H groups in total. The lowest BCUT2D eigenvalue weighted by molar-refractivity contribution is 0.0323. The highest BCUT2D eigenvalue weighted by Crippen LogP contribution is 2.18. The Bertz CT molecular complexity index is 696. The molecule has 1 unspecified atom stereocenters. The highest BCUT2D eigenvalue weighted by Gasteiger charge is 2.14. The Morgan fingerprint density at radius 1 is 1.36 bits per heavy atom. The molecule has 0 bridgehead atoms. The van der Waals surface area contributed by atoms with Gasteiger partial charge in [0.1, 0.15) is 11.9 Å². The molecule has 1 atom stereocenters. The zero-order valence-corrected chi connectivity index (χ0v) is 15.4. The summed E-state index contributed by atoms with van der Waals surface area (Å²) in [6, 6.07) is 3.98. The van der Waals surface area contributed by atoms with Crippen LogP contribution in [0.15, 0.2) is 24.4 Å². The molecular formula is C19H30N4O2. The average Bonchev–Trinajstić information content (AvgIpc) is 2.99. The molecule has 0 aromatic carbocycles. The molecule has 6 nitrogen and oxygen atoms in total. The Morgan fingerprint density at radius 2 is 2.16 bits per heavy atom. The number of rotatable bonds is 10. The number of hydrogen-bond donors (Lipinski definition) is 3. The second-order valence-electron chi connectivity index (χ2n) is 6.20. The molecular weight excluding hydrogens is 316 g/mol. The Kier molecular flexibility index (Phi) is 7.58. The molecule has 0 aliphatic rings. The third-order valence-electron chi connectivity index (χ3n) is 4.42. The van der Waals surface area contributed by atoms with E-state index in [0.29, 0.717) is 0 Å². The van der Waals surface area contributed by atoms with Gasteiger partial charge in [-0.2, -0.15) is 5.48 Å². The topological polar surface area (TPSA) is 73.0 Å². The third-order valence-corrected chi connectivity index (χ3v) is 4.42. The second kappa shape index (κ2) is 9.68. The molecule has 0 aliphatic heterocycles. The summed E-state index contributed by atoms with van der Waals surface area (Å²) in [5, 5.41) is 18.0. The van der Waals surface area contributed by atoms with Gasteiger partial charge >= 0.3 is 0 Å². The quantitative estimate of drug-likeness (QED) is 0.456. The molecule has 25 heavy (non-hydrogen) atoms. The summed E-state index contributed by atoms with van der Waals surface area (Å²) < 4.78 is 2.16. The lowest BCUT2D eigenvalue weighted by atomic mass is 10.2. The van der Waals surface area contributed by atoms with Crippen molar-refractivity contribution in [3.63, 3.8) is 0 Å². The van der Waals surface area contributed by atoms with Crippen LogP contribution in [0.1, 0.15) is 50.6 Å². The van der Waals surface area contributed by atoms with Crippen LogP contribution in [0.5, 0.6) is 0 Å². The summed E-state index contributed by atoms with van der Waals surface area (Å²) >= 11 is 0. The van der Waals surface area contributed by atoms with Gasteiger partial charge in [-0.05, 0) is 49.7 Å². The maximum Gasteiger partial charge on any atom is 0.146 e. The van der Waals surface area contributed by atoms with Gasteiger partial charge in [-0.15, -0.1) is 0 Å². The number of aryl methyl sites for hydroxylation is 1. The number of hydroxylamine groups is 1. The van der Waals surface area contributed by atoms with Crippen molar-refractivity contribution >= 4 is 11.7 Å². The van der Waals surface area contributed by atoms with Gasteiger partial charge in [0, 0.05) is 12.7 Å². The van der Waals surface area contributed by atoms with Crippen LogP contribution in [0.25, 0.3) is 11.7 Å². The van der Waals surface area contributed by atoms with Gasteiger partial charge in [0.05, 0.1) is 11.4 Å². The van der Waals surface area contributed by atoms with Gasteiger partial charge in [0.15, 0.2) is 0 Å². The van der Waals surface area contributed by atoms with E-state index in [1.165, 1.54) is 24.6 Å². The number of pyridine rings is 1. The minimum Gasteiger partial charge on any atom is -0.373 e. The molecule has 2 rings (SSSR count). The summed E-state index contributed by atoms with van der Waals surface area (Å²) in [5.74, 6) is 0. The van der Waals surface area contributed by atoms with E-state index < -0.39 is 6.23 Å². The Morgan fingerprint density at radius 3 is 2.80 bits per heavy atom. The number of aliphatic hydroxyl groups excluding tert-OH is 1. The highest BCUT2D eigenvalue weighted by molar-refractivity contribution is 5.57. The molecule has 0 saturated heterocycles. The van der Waals surface area contributed by atoms with Crippen LogP contribution in [0.3, 0.4) is 0 Å². The molecule has 0 fully saturated rings. The molecule has 0 amide bonds. The minimum atomic E-state index is -1.07. The van der Waals surface area contributed by atoms with E-state index in [1.807, 2.05) is 18.3 Å². The van der Waals surface area contributed by atoms with Crippen LogP contribution in [0.4, 0.5) is 0 Å². The first-order valence-corrected chi connectivity index (χ1v) is 9.10. The van der Waals surface area contributed by atoms with Gasteiger partial charge in [-0.1, -0.05) is 33.3 Å². The predicted octanol–water partition coefficient (Wildman–Crippen LogP) is 2.83. The number of nitrogens with one attached hydrogen (secondary N) is 1. The molecule has 2 heterocycles. The number of aliphatic hydroxyl groups is 1. The normalized spacial score (nSPS) is 13.4. The molecule has 0 aliphatic carbocycles. The number of unbranched alkanes of at least 4 members (excludes halogenated alkanes) is 1. The number of imidazole rings is 1. The van der Waals surface area contributed by atoms with Gasteiger partial charge in [0.2, 0.25) is 0 Å². The summed E-state index contributed by atoms with van der Waals surface area (Å²) in [6.45, 7) is 9.60. The van der Waals surface area contributed by atoms with Gasteiger partial charge in [-0.25, -0.2) is 4.98 Å². The number of aromatic nitrogens is 2. The highest BCUT2D eigenvalue weighted by atomic mass is 16.5. The van der Waals surface area contributed by atoms with Crippen molar-refractivity contribution in [1.29, 1.82) is 0 Å². The molecule has 0 spiro atoms. The van der Waals surface area contributed by atoms with Crippen molar-refractivity contribution in [2.24, 2.45) is 0 Å². The van der Waals surface area contributed by atoms with E-state index in [2.05, 4.69) is 30.1 Å². The summed E-state index contributed by atoms with van der Waals surface area (Å²) in [6.07, 6.45) is 7.52. The molecule has 2 aromatic rings. The minimum absolute atomic E-state index is 0.903. The molecule has 2 aromatic heterocycles. The van der Waals surface area contributed by atoms with Crippen LogP contribution in [0, 0.1) is 0 Å². The van der Waals surface area contributed by atoms with E-state index in [0.717, 1.165) is 43.0 Å². The molecule has 138 valence electrons. The van der Waals surface area contributed by atoms with Crippen molar-refractivity contribution in [3.05, 3.63) is 41.4 Å². The molecule has 6 heteroatoms. The van der Waals surface area contributed by atoms with Crippen molar-refractivity contribution < 1.29 is 10.3 Å². The SMILES string of the molecule is CCCCN(CC)Cc1c(CC)nc2cc(/C=C/C(O)NO)ccn12. The van der Waals surface area contributed by atoms with E-state index in [1.54, 1.807) is 11.6 Å². The standard InChI is InChI=1S/C19H30N4O2/c1-4-7-11-22(6-3)14-17-16(5-2)20-18-13-15(10-12-23(17)18)8-9-19(24)21-25/h8-10,12-13,19,21,24-25H,4-7,11,14H2,1-3H3/b9-8+. The van der Waals surface area contributed by atoms with Crippen molar-refractivity contribution in [1.82, 2.24) is 19.8 Å². The van der Waals surface area contributed by atoms with Crippen LogP contribution in [0.2, 0.25) is 0 Å². The first-order valence-electron chi connectivity index (χ1n) is 9.10. The van der Waals surface area contributed by atoms with E-state index in [-0.39, 0.29) is 0 Å². The fourth-order valence-electron chi connectivity index (χ4n) is 2.90. The van der Waals surface area contributed by atoms with E-state index in [4.69, 9.17) is 10.2 Å². The Hall–Kier alpha value is -1.73. The fraction of sp³-hybridized carbons (Fsp3) is 0.526. The molecule has 0 radical (unpaired) electrons. The van der Waals surface area contributed by atoms with E-state index >= 15 is 0 Å². The van der Waals surface area contributed by atoms with Crippen molar-refractivity contribution in [2.45, 2.75) is 52.8 Å². The second-order valence-corrected chi connectivity index (χ2v) is 6.20. The van der Waals surface area contributed by atoms with Crippen molar-refractivity contribution in [2.75, 3.05) is 13.1 Å². The van der Waals surface area contributed by atoms with Gasteiger partial charge in [-0.3, -0.25) is 4.90 Å². The van der Waals surface area contributed by atoms with E-state index in [9.17, 15) is 5.11 Å². The predicted molar refractivity (Wildman–Crippen MR) is 100 cm³/mol. The molecule has 0 saturated carbocycles. The first-order chi connectivity index (χ1) is 12.1. The number of fused-ring (bicyclic) bond motifs is 1. The first kappa shape index (κ1) is 19.6. The van der Waals surface area contributed by atoms with Crippen LogP contribution < -0.4 is 5.48 Å².